The number of rotatable bonds is 16. The average molecular weight is 673 g/mol. The van der Waals surface area contributed by atoms with Crippen molar-refractivity contribution in [3.8, 4) is 5.75 Å². The van der Waals surface area contributed by atoms with Gasteiger partial charge in [-0.2, -0.15) is 0 Å². The van der Waals surface area contributed by atoms with E-state index in [1.54, 1.807) is 29.2 Å². The Hall–Kier alpha value is -3.37. The van der Waals surface area contributed by atoms with Crippen LogP contribution in [0.5, 0.6) is 5.75 Å². The van der Waals surface area contributed by atoms with Crippen LogP contribution in [-0.2, 0) is 32.6 Å². The van der Waals surface area contributed by atoms with Gasteiger partial charge in [0.25, 0.3) is 0 Å². The average Bonchev–Trinajstić information content (AvgIpc) is 2.97. The Balaban J connectivity index is 1.91. The predicted molar refractivity (Wildman–Crippen MR) is 176 cm³/mol. The third-order valence-electron chi connectivity index (χ3n) is 7.10. The van der Waals surface area contributed by atoms with Gasteiger partial charge in [-0.25, -0.2) is 8.42 Å². The second-order valence-electron chi connectivity index (χ2n) is 10.5. The number of carbonyl (C=O) groups excluding carboxylic acids is 2. The minimum atomic E-state index is -3.66. The number of hydrogen-bond acceptors (Lipinski definition) is 5. The van der Waals surface area contributed by atoms with E-state index in [0.29, 0.717) is 24.5 Å². The topological polar surface area (TPSA) is 96.0 Å². The van der Waals surface area contributed by atoms with Crippen LogP contribution < -0.4 is 14.4 Å². The van der Waals surface area contributed by atoms with Crippen molar-refractivity contribution in [2.75, 3.05) is 23.7 Å². The summed E-state index contributed by atoms with van der Waals surface area (Å²) < 4.78 is 33.5. The van der Waals surface area contributed by atoms with Crippen LogP contribution >= 0.6 is 15.9 Å². The highest BCUT2D eigenvalue weighted by Gasteiger charge is 2.31. The normalized spacial score (nSPS) is 12.7. The predicted octanol–water partition coefficient (Wildman–Crippen LogP) is 5.95. The van der Waals surface area contributed by atoms with Crippen LogP contribution in [0.2, 0.25) is 0 Å². The molecule has 10 heteroatoms. The van der Waals surface area contributed by atoms with Crippen LogP contribution in [0, 0.1) is 0 Å². The fourth-order valence-electron chi connectivity index (χ4n) is 4.75. The third-order valence-corrected chi connectivity index (χ3v) is 8.77. The first kappa shape index (κ1) is 34.1. The zero-order valence-corrected chi connectivity index (χ0v) is 27.7. The van der Waals surface area contributed by atoms with Crippen LogP contribution in [0.1, 0.15) is 51.2 Å². The molecule has 0 saturated carbocycles. The van der Waals surface area contributed by atoms with Gasteiger partial charge in [-0.3, -0.25) is 13.9 Å². The number of carbonyl (C=O) groups is 2. The molecule has 0 heterocycles. The van der Waals surface area contributed by atoms with E-state index in [4.69, 9.17) is 4.74 Å². The smallest absolute Gasteiger partial charge is 0.243 e. The van der Waals surface area contributed by atoms with Crippen molar-refractivity contribution in [1.82, 2.24) is 10.2 Å². The molecule has 2 atom stereocenters. The van der Waals surface area contributed by atoms with Gasteiger partial charge in [0.1, 0.15) is 11.8 Å². The van der Waals surface area contributed by atoms with E-state index in [1.807, 2.05) is 75.4 Å². The second kappa shape index (κ2) is 16.5. The number of benzene rings is 3. The Labute approximate surface area is 264 Å². The minimum absolute atomic E-state index is 0.0534. The fraction of sp³-hybridized carbons (Fsp3) is 0.394. The van der Waals surface area contributed by atoms with E-state index in [9.17, 15) is 18.0 Å². The van der Waals surface area contributed by atoms with Crippen molar-refractivity contribution in [1.29, 1.82) is 0 Å². The molecule has 0 unspecified atom stereocenters. The number of nitrogens with one attached hydrogen (secondary N) is 1. The Morgan fingerprint density at radius 2 is 1.63 bits per heavy atom. The van der Waals surface area contributed by atoms with E-state index in [1.165, 1.54) is 4.31 Å². The Morgan fingerprint density at radius 3 is 2.28 bits per heavy atom. The molecule has 3 aromatic rings. The van der Waals surface area contributed by atoms with Gasteiger partial charge in [-0.1, -0.05) is 77.5 Å². The molecule has 3 aromatic carbocycles. The zero-order chi connectivity index (χ0) is 31.4. The van der Waals surface area contributed by atoms with E-state index in [2.05, 4.69) is 21.2 Å². The molecule has 0 aliphatic heterocycles. The Bertz CT molecular complexity index is 1450. The molecule has 0 aromatic heterocycles. The van der Waals surface area contributed by atoms with Gasteiger partial charge in [-0.15, -0.1) is 0 Å². The highest BCUT2D eigenvalue weighted by Crippen LogP contribution is 2.30. The van der Waals surface area contributed by atoms with E-state index in [0.717, 1.165) is 28.3 Å². The Kier molecular flexibility index (Phi) is 13.1. The zero-order valence-electron chi connectivity index (χ0n) is 25.3. The lowest BCUT2D eigenvalue weighted by Gasteiger charge is -2.33. The SMILES string of the molecule is CCOc1ccccc1N(CCCC(=O)N(Cc1cccc(Br)c1)[C@@H](Cc1ccccc1)C(=O)N[C@@H](C)CC)S(C)(=O)=O. The van der Waals surface area contributed by atoms with E-state index in [-0.39, 0.29) is 43.8 Å². The van der Waals surface area contributed by atoms with Crippen molar-refractivity contribution in [2.45, 2.75) is 65.1 Å². The summed E-state index contributed by atoms with van der Waals surface area (Å²) in [6, 6.07) is 23.5. The van der Waals surface area contributed by atoms with Gasteiger partial charge in [-0.05, 0) is 62.1 Å². The molecule has 43 heavy (non-hydrogen) atoms. The van der Waals surface area contributed by atoms with Crippen LogP contribution in [0.4, 0.5) is 5.69 Å². The molecule has 0 aliphatic carbocycles. The molecule has 0 aliphatic rings. The van der Waals surface area contributed by atoms with Crippen molar-refractivity contribution < 1.29 is 22.7 Å². The standard InChI is InChI=1S/C33H42BrN3O5S/c1-5-25(3)35-33(39)30(23-26-14-8-7-9-15-26)36(24-27-16-12-17-28(34)22-27)32(38)20-13-21-37(43(4,40)41)29-18-10-11-19-31(29)42-6-2/h7-12,14-19,22,25,30H,5-6,13,20-21,23-24H2,1-4H3,(H,35,39)/t25-,30-/m0/s1. The summed E-state index contributed by atoms with van der Waals surface area (Å²) in [6.45, 7) is 6.48. The number of ether oxygens (including phenoxy) is 1. The summed E-state index contributed by atoms with van der Waals surface area (Å²) >= 11 is 3.51. The maximum Gasteiger partial charge on any atom is 0.243 e. The van der Waals surface area contributed by atoms with E-state index < -0.39 is 16.1 Å². The second-order valence-corrected chi connectivity index (χ2v) is 13.3. The number of amides is 2. The first-order valence-corrected chi connectivity index (χ1v) is 17.2. The molecule has 0 bridgehead atoms. The molecule has 1 N–H and O–H groups in total. The number of para-hydroxylation sites is 2. The summed E-state index contributed by atoms with van der Waals surface area (Å²) in [5, 5.41) is 3.07. The van der Waals surface area contributed by atoms with Crippen LogP contribution in [-0.4, -0.2) is 56.6 Å². The van der Waals surface area contributed by atoms with Gasteiger partial charge in [0.05, 0.1) is 18.6 Å². The van der Waals surface area contributed by atoms with Crippen LogP contribution in [0.25, 0.3) is 0 Å². The Morgan fingerprint density at radius 1 is 0.953 bits per heavy atom. The van der Waals surface area contributed by atoms with E-state index >= 15 is 0 Å². The lowest BCUT2D eigenvalue weighted by atomic mass is 10.0. The quantitative estimate of drug-likeness (QED) is 0.203. The first-order valence-electron chi connectivity index (χ1n) is 14.6. The lowest BCUT2D eigenvalue weighted by molar-refractivity contribution is -0.141. The lowest BCUT2D eigenvalue weighted by Crippen LogP contribution is -2.52. The van der Waals surface area contributed by atoms with Gasteiger partial charge in [0.15, 0.2) is 0 Å². The summed E-state index contributed by atoms with van der Waals surface area (Å²) in [6.07, 6.45) is 2.56. The highest BCUT2D eigenvalue weighted by molar-refractivity contribution is 9.10. The number of anilines is 1. The maximum atomic E-state index is 14.0. The third kappa shape index (κ3) is 10.4. The molecule has 3 rings (SSSR count). The molecular weight excluding hydrogens is 630 g/mol. The number of halogens is 1. The number of sulfonamides is 1. The summed E-state index contributed by atoms with van der Waals surface area (Å²) in [5.74, 6) is 0.0133. The molecule has 0 radical (unpaired) electrons. The summed E-state index contributed by atoms with van der Waals surface area (Å²) in [5.41, 5.74) is 2.25. The maximum absolute atomic E-state index is 14.0. The molecule has 2 amide bonds. The van der Waals surface area contributed by atoms with Gasteiger partial charge in [0, 0.05) is 36.4 Å². The van der Waals surface area contributed by atoms with Gasteiger partial charge in [0.2, 0.25) is 21.8 Å². The molecular formula is C33H42BrN3O5S. The van der Waals surface area contributed by atoms with Crippen molar-refractivity contribution in [2.24, 2.45) is 0 Å². The summed E-state index contributed by atoms with van der Waals surface area (Å²) in [4.78, 5) is 29.3. The van der Waals surface area contributed by atoms with Crippen molar-refractivity contribution >= 4 is 43.5 Å². The van der Waals surface area contributed by atoms with Crippen LogP contribution in [0.3, 0.4) is 0 Å². The van der Waals surface area contributed by atoms with Crippen LogP contribution in [0.15, 0.2) is 83.3 Å². The molecule has 0 fully saturated rings. The number of hydrogen-bond donors (Lipinski definition) is 1. The molecule has 8 nitrogen and oxygen atoms in total. The molecule has 0 spiro atoms. The van der Waals surface area contributed by atoms with Gasteiger partial charge < -0.3 is 15.0 Å². The monoisotopic (exact) mass is 671 g/mol. The number of nitrogens with zero attached hydrogens (tertiary/aromatic N) is 2. The first-order chi connectivity index (χ1) is 20.5. The fourth-order valence-corrected chi connectivity index (χ4v) is 6.17. The largest absolute Gasteiger partial charge is 0.492 e. The molecule has 232 valence electrons. The van der Waals surface area contributed by atoms with Gasteiger partial charge >= 0.3 is 0 Å². The molecule has 0 saturated heterocycles. The minimum Gasteiger partial charge on any atom is -0.492 e. The highest BCUT2D eigenvalue weighted by atomic mass is 79.9. The van der Waals surface area contributed by atoms with Crippen molar-refractivity contribution in [3.63, 3.8) is 0 Å². The summed E-state index contributed by atoms with van der Waals surface area (Å²) in [7, 11) is -3.66. The van der Waals surface area contributed by atoms with Crippen molar-refractivity contribution in [3.05, 3.63) is 94.5 Å².